The van der Waals surface area contributed by atoms with Gasteiger partial charge in [-0.05, 0) is 42.3 Å². The third-order valence-corrected chi connectivity index (χ3v) is 13.9. The van der Waals surface area contributed by atoms with Gasteiger partial charge in [0.25, 0.3) is 7.71 Å². The molecule has 0 bridgehead atoms. The summed E-state index contributed by atoms with van der Waals surface area (Å²) in [5.74, 6) is -1.09. The molecule has 0 rings (SSSR count). The summed E-state index contributed by atoms with van der Waals surface area (Å²) in [4.78, 5) is 12.6. The van der Waals surface area contributed by atoms with Crippen LogP contribution in [0.3, 0.4) is 0 Å². The first-order valence-electron chi connectivity index (χ1n) is 7.67. The number of carboxylic acids is 1. The van der Waals surface area contributed by atoms with Crippen molar-refractivity contribution in [2.45, 2.75) is 0 Å². The summed E-state index contributed by atoms with van der Waals surface area (Å²) in [7, 11) is 18.3. The molecule has 0 saturated carbocycles. The van der Waals surface area contributed by atoms with Gasteiger partial charge in [0.05, 0.1) is 0 Å². The van der Waals surface area contributed by atoms with Crippen LogP contribution in [0.15, 0.2) is 0 Å². The molecule has 0 radical (unpaired) electrons. The van der Waals surface area contributed by atoms with E-state index in [1.165, 1.54) is 0 Å². The summed E-state index contributed by atoms with van der Waals surface area (Å²) < 4.78 is 12.2. The average molecular weight is 382 g/mol. The first-order valence-corrected chi connectivity index (χ1v) is 11.0. The maximum atomic E-state index is 12.6. The van der Waals surface area contributed by atoms with Crippen molar-refractivity contribution in [3.05, 3.63) is 0 Å². The largest absolute Gasteiger partial charge is 0.541 e. The first kappa shape index (κ1) is 24.0. The molecule has 0 aromatic heterocycles. The monoisotopic (exact) mass is 382 g/mol. The number of rotatable bonds is 8. The van der Waals surface area contributed by atoms with Gasteiger partial charge in [0.2, 0.25) is 5.03 Å². The molecule has 0 atom stereocenters. The maximum Gasteiger partial charge on any atom is 0.266 e. The summed E-state index contributed by atoms with van der Waals surface area (Å²) >= 11 is 0. The highest BCUT2D eigenvalue weighted by Crippen LogP contribution is 2.73. The summed E-state index contributed by atoms with van der Waals surface area (Å²) in [6.45, 7) is 0. The Balaban J connectivity index is 7.60. The standard InChI is InChI=1S/C14H36N6O2P2/c1-15(2)23(16(3)4,17(5)6)14(13(21)22)24(18(7)8,19(9)10)20(11)12/h1-12H3. The molecule has 0 amide bonds. The molecule has 0 fully saturated rings. The van der Waals surface area contributed by atoms with Crippen LogP contribution in [0.5, 0.6) is 0 Å². The van der Waals surface area contributed by atoms with Crippen molar-refractivity contribution in [2.24, 2.45) is 0 Å². The lowest BCUT2D eigenvalue weighted by molar-refractivity contribution is -0.293. The lowest BCUT2D eigenvalue weighted by atomic mass is 10.8. The molecule has 144 valence electrons. The van der Waals surface area contributed by atoms with Crippen LogP contribution in [-0.2, 0) is 4.79 Å². The van der Waals surface area contributed by atoms with Crippen molar-refractivity contribution in [3.8, 4) is 0 Å². The third-order valence-electron chi connectivity index (χ3n) is 4.10. The first-order chi connectivity index (χ1) is 10.7. The lowest BCUT2D eigenvalue weighted by Gasteiger charge is -2.49. The molecule has 0 spiro atoms. The maximum absolute atomic E-state index is 12.6. The fourth-order valence-electron chi connectivity index (χ4n) is 3.71. The van der Waals surface area contributed by atoms with Gasteiger partial charge in [-0.3, -0.25) is 14.0 Å². The van der Waals surface area contributed by atoms with Gasteiger partial charge in [-0.2, -0.15) is 0 Å². The van der Waals surface area contributed by atoms with Gasteiger partial charge >= 0.3 is 0 Å². The quantitative estimate of drug-likeness (QED) is 0.534. The van der Waals surface area contributed by atoms with Crippen LogP contribution in [-0.4, -0.2) is 124 Å². The Morgan fingerprint density at radius 2 is 0.917 bits per heavy atom. The minimum absolute atomic E-state index is 0.440. The Morgan fingerprint density at radius 1 is 0.667 bits per heavy atom. The highest BCUT2D eigenvalue weighted by molar-refractivity contribution is 8.01. The number of hydrogen-bond donors (Lipinski definition) is 0. The minimum Gasteiger partial charge on any atom is -0.541 e. The van der Waals surface area contributed by atoms with Crippen LogP contribution in [0, 0.1) is 0 Å². The van der Waals surface area contributed by atoms with Gasteiger partial charge < -0.3 is 9.90 Å². The Labute approximate surface area is 149 Å². The molecule has 8 nitrogen and oxygen atoms in total. The van der Waals surface area contributed by atoms with E-state index < -0.39 is 21.0 Å². The molecule has 0 aliphatic carbocycles. The van der Waals surface area contributed by atoms with E-state index in [1.54, 1.807) is 0 Å². The summed E-state index contributed by atoms with van der Waals surface area (Å²) in [6.07, 6.45) is 0. The van der Waals surface area contributed by atoms with Crippen LogP contribution in [0.1, 0.15) is 0 Å². The van der Waals surface area contributed by atoms with Crippen molar-refractivity contribution in [1.82, 2.24) is 28.0 Å². The van der Waals surface area contributed by atoms with E-state index in [0.29, 0.717) is 5.03 Å². The van der Waals surface area contributed by atoms with Crippen LogP contribution in [0.25, 0.3) is 0 Å². The predicted molar refractivity (Wildman–Crippen MR) is 106 cm³/mol. The molecule has 0 aliphatic heterocycles. The molecule has 0 saturated heterocycles. The van der Waals surface area contributed by atoms with Gasteiger partial charge in [0.1, 0.15) is 13.3 Å². The van der Waals surface area contributed by atoms with E-state index in [0.717, 1.165) is 0 Å². The molecule has 0 N–H and O–H groups in total. The normalized spacial score (nSPS) is 13.9. The van der Waals surface area contributed by atoms with E-state index in [1.807, 2.05) is 113 Å². The van der Waals surface area contributed by atoms with Crippen LogP contribution < -0.4 is 5.11 Å². The summed E-state index contributed by atoms with van der Waals surface area (Å²) in [6, 6.07) is 0. The Kier molecular flexibility index (Phi) is 8.55. The van der Waals surface area contributed by atoms with Crippen molar-refractivity contribution in [3.63, 3.8) is 0 Å². The van der Waals surface area contributed by atoms with E-state index in [9.17, 15) is 9.90 Å². The highest BCUT2D eigenvalue weighted by atomic mass is 31.2. The van der Waals surface area contributed by atoms with Crippen molar-refractivity contribution >= 4 is 26.1 Å². The van der Waals surface area contributed by atoms with E-state index in [4.69, 9.17) is 0 Å². The number of carboxylic acid groups (broad SMARTS) is 1. The second-order valence-corrected chi connectivity index (χ2v) is 15.2. The molecule has 0 aromatic carbocycles. The van der Waals surface area contributed by atoms with Gasteiger partial charge in [-0.1, -0.05) is 0 Å². The van der Waals surface area contributed by atoms with Crippen molar-refractivity contribution in [2.75, 3.05) is 84.6 Å². The second kappa shape index (κ2) is 8.56. The summed E-state index contributed by atoms with van der Waals surface area (Å²) in [5, 5.41) is 13.0. The minimum atomic E-state index is -2.48. The Morgan fingerprint density at radius 3 is 1.04 bits per heavy atom. The third kappa shape index (κ3) is 3.57. The SMILES string of the molecule is CN(C)P(=C(C(=O)[O-])[P+](N(C)C)(N(C)C)N(C)C)(N(C)C)N(C)C. The molecule has 0 unspecified atom stereocenters. The molecule has 0 aromatic rings. The van der Waals surface area contributed by atoms with Gasteiger partial charge in [-0.15, -0.1) is 14.0 Å². The number of aliphatic carboxylic acids is 1. The zero-order valence-electron chi connectivity index (χ0n) is 17.4. The van der Waals surface area contributed by atoms with E-state index >= 15 is 0 Å². The van der Waals surface area contributed by atoms with Crippen LogP contribution >= 0.6 is 15.1 Å². The molecular weight excluding hydrogens is 346 g/mol. The number of carbonyl (C=O) groups is 1. The van der Waals surface area contributed by atoms with Gasteiger partial charge in [-0.25, -0.2) is 0 Å². The molecule has 0 aliphatic rings. The van der Waals surface area contributed by atoms with Crippen molar-refractivity contribution < 1.29 is 9.90 Å². The smallest absolute Gasteiger partial charge is 0.266 e. The van der Waals surface area contributed by atoms with E-state index in [2.05, 4.69) is 0 Å². The molecule has 10 heteroatoms. The number of nitrogens with zero attached hydrogens (tertiary/aromatic N) is 6. The second-order valence-electron chi connectivity index (χ2n) is 6.83. The van der Waals surface area contributed by atoms with Crippen LogP contribution in [0.4, 0.5) is 0 Å². The highest BCUT2D eigenvalue weighted by Gasteiger charge is 2.58. The number of hydrogen-bond acceptors (Lipinski definition) is 8. The van der Waals surface area contributed by atoms with Crippen LogP contribution in [0.2, 0.25) is 0 Å². The number of carbonyl (C=O) groups excluding carboxylic acids is 1. The molecular formula is C14H36N6O2P2. The van der Waals surface area contributed by atoms with Gasteiger partial charge in [0.15, 0.2) is 0 Å². The van der Waals surface area contributed by atoms with Gasteiger partial charge in [0, 0.05) is 42.3 Å². The Hall–Kier alpha value is -0.0400. The summed E-state index contributed by atoms with van der Waals surface area (Å²) in [5.41, 5.74) is 0. The topological polar surface area (TPSA) is 59.6 Å². The van der Waals surface area contributed by atoms with Crippen molar-refractivity contribution in [1.29, 1.82) is 0 Å². The molecule has 24 heavy (non-hydrogen) atoms. The zero-order chi connectivity index (χ0) is 19.6. The zero-order valence-corrected chi connectivity index (χ0v) is 19.2. The van der Waals surface area contributed by atoms with E-state index in [-0.39, 0.29) is 0 Å². The Bertz CT molecular complexity index is 453. The fourth-order valence-corrected chi connectivity index (χ4v) is 15.4. The predicted octanol–water partition coefficient (Wildman–Crippen LogP) is -0.239. The average Bonchev–Trinajstić information content (AvgIpc) is 2.35. The molecule has 0 heterocycles. The fraction of sp³-hybridized carbons (Fsp3) is 0.857. The lowest BCUT2D eigenvalue weighted by Crippen LogP contribution is -2.50.